The molecule has 0 bridgehead atoms. The number of nitrogens with two attached hydrogens (primary N) is 1. The Morgan fingerprint density at radius 3 is 2.60 bits per heavy atom. The number of aromatic nitrogens is 1. The van der Waals surface area contributed by atoms with Gasteiger partial charge in [0.25, 0.3) is 0 Å². The Kier molecular flexibility index (Phi) is 3.14. The molecule has 20 heavy (non-hydrogen) atoms. The van der Waals surface area contributed by atoms with Crippen molar-refractivity contribution in [1.82, 2.24) is 9.88 Å². The lowest BCUT2D eigenvalue weighted by atomic mass is 9.95. The number of benzene rings is 1. The average Bonchev–Trinajstić information content (AvgIpc) is 2.79. The minimum atomic E-state index is -0.277. The monoisotopic (exact) mass is 266 g/mol. The number of guanidine groups is 1. The van der Waals surface area contributed by atoms with Crippen molar-refractivity contribution >= 4 is 5.96 Å². The van der Waals surface area contributed by atoms with E-state index in [-0.39, 0.29) is 5.54 Å². The molecule has 1 aromatic heterocycles. The van der Waals surface area contributed by atoms with Crippen molar-refractivity contribution in [2.75, 3.05) is 6.54 Å². The van der Waals surface area contributed by atoms with E-state index in [1.54, 1.807) is 0 Å². The van der Waals surface area contributed by atoms with Crippen LogP contribution in [0.15, 0.2) is 59.7 Å². The molecule has 4 nitrogen and oxygen atoms in total. The molecular formula is C16H18N4. The molecule has 0 aliphatic carbocycles. The van der Waals surface area contributed by atoms with Crippen molar-refractivity contribution in [3.8, 4) is 0 Å². The molecule has 2 aromatic rings. The molecule has 0 radical (unpaired) electrons. The Labute approximate surface area is 119 Å². The van der Waals surface area contributed by atoms with Crippen LogP contribution in [0.5, 0.6) is 0 Å². The van der Waals surface area contributed by atoms with Gasteiger partial charge in [-0.2, -0.15) is 0 Å². The Bertz CT molecular complexity index is 609. The van der Waals surface area contributed by atoms with Crippen LogP contribution < -0.4 is 5.73 Å². The van der Waals surface area contributed by atoms with E-state index in [2.05, 4.69) is 33.9 Å². The van der Waals surface area contributed by atoms with Crippen LogP contribution >= 0.6 is 0 Å². The molecule has 1 aromatic carbocycles. The summed E-state index contributed by atoms with van der Waals surface area (Å²) in [6.45, 7) is 3.52. The fourth-order valence-corrected chi connectivity index (χ4v) is 2.58. The van der Waals surface area contributed by atoms with Crippen LogP contribution in [0.25, 0.3) is 0 Å². The minimum absolute atomic E-state index is 0.277. The maximum absolute atomic E-state index is 6.09. The molecule has 0 saturated heterocycles. The van der Waals surface area contributed by atoms with Gasteiger partial charge in [-0.15, -0.1) is 0 Å². The Morgan fingerprint density at radius 2 is 1.90 bits per heavy atom. The zero-order valence-corrected chi connectivity index (χ0v) is 11.5. The van der Waals surface area contributed by atoms with Crippen LogP contribution in [-0.2, 0) is 12.1 Å². The van der Waals surface area contributed by atoms with Crippen molar-refractivity contribution in [2.24, 2.45) is 10.7 Å². The lowest BCUT2D eigenvalue weighted by Gasteiger charge is -2.35. The maximum atomic E-state index is 6.09. The predicted octanol–water partition coefficient (Wildman–Crippen LogP) is 2.13. The van der Waals surface area contributed by atoms with Gasteiger partial charge < -0.3 is 10.6 Å². The summed E-state index contributed by atoms with van der Waals surface area (Å²) in [5.41, 5.74) is 8.03. The van der Waals surface area contributed by atoms with Gasteiger partial charge in [0.15, 0.2) is 5.96 Å². The largest absolute Gasteiger partial charge is 0.370 e. The highest BCUT2D eigenvalue weighted by molar-refractivity contribution is 5.81. The number of aliphatic imine (C=N–C) groups is 1. The Hall–Kier alpha value is -2.36. The van der Waals surface area contributed by atoms with Gasteiger partial charge in [-0.3, -0.25) is 9.98 Å². The summed E-state index contributed by atoms with van der Waals surface area (Å²) in [6.07, 6.45) is 1.82. The Balaban J connectivity index is 1.92. The van der Waals surface area contributed by atoms with E-state index >= 15 is 0 Å². The van der Waals surface area contributed by atoms with E-state index in [0.29, 0.717) is 12.5 Å². The summed E-state index contributed by atoms with van der Waals surface area (Å²) >= 11 is 0. The van der Waals surface area contributed by atoms with Crippen LogP contribution in [0.2, 0.25) is 0 Å². The lowest BCUT2D eigenvalue weighted by Crippen LogP contribution is -2.47. The quantitative estimate of drug-likeness (QED) is 0.926. The molecule has 1 aliphatic rings. The second-order valence-corrected chi connectivity index (χ2v) is 5.24. The standard InChI is InChI=1S/C16H18N4/c1-16(14-9-5-6-10-18-14)12-19-15(17)20(16)11-13-7-3-2-4-8-13/h2-10H,11-12H2,1H3,(H2,17,19). The van der Waals surface area contributed by atoms with Crippen LogP contribution in [0.3, 0.4) is 0 Å². The number of nitrogens with zero attached hydrogens (tertiary/aromatic N) is 3. The normalized spacial score (nSPS) is 21.9. The highest BCUT2D eigenvalue weighted by Crippen LogP contribution is 2.32. The van der Waals surface area contributed by atoms with Crippen molar-refractivity contribution in [1.29, 1.82) is 0 Å². The van der Waals surface area contributed by atoms with Gasteiger partial charge in [-0.25, -0.2) is 0 Å². The number of rotatable bonds is 3. The van der Waals surface area contributed by atoms with Crippen LogP contribution in [-0.4, -0.2) is 22.4 Å². The van der Waals surface area contributed by atoms with Crippen LogP contribution in [0.4, 0.5) is 0 Å². The summed E-state index contributed by atoms with van der Waals surface area (Å²) in [7, 11) is 0. The first kappa shape index (κ1) is 12.7. The summed E-state index contributed by atoms with van der Waals surface area (Å²) in [6, 6.07) is 16.3. The average molecular weight is 266 g/mol. The molecule has 0 fully saturated rings. The van der Waals surface area contributed by atoms with Gasteiger partial charge >= 0.3 is 0 Å². The first-order valence-electron chi connectivity index (χ1n) is 6.73. The van der Waals surface area contributed by atoms with Gasteiger partial charge in [0.2, 0.25) is 0 Å². The molecule has 2 heterocycles. The maximum Gasteiger partial charge on any atom is 0.192 e. The highest BCUT2D eigenvalue weighted by Gasteiger charge is 2.40. The summed E-state index contributed by atoms with van der Waals surface area (Å²) in [5.74, 6) is 0.585. The summed E-state index contributed by atoms with van der Waals surface area (Å²) in [4.78, 5) is 11.0. The van der Waals surface area contributed by atoms with Crippen molar-refractivity contribution in [3.05, 3.63) is 66.0 Å². The third-order valence-corrected chi connectivity index (χ3v) is 3.82. The zero-order chi connectivity index (χ0) is 14.0. The van der Waals surface area contributed by atoms with E-state index in [1.165, 1.54) is 5.56 Å². The summed E-state index contributed by atoms with van der Waals surface area (Å²) in [5, 5.41) is 0. The minimum Gasteiger partial charge on any atom is -0.370 e. The number of hydrogen-bond donors (Lipinski definition) is 1. The van der Waals surface area contributed by atoms with E-state index < -0.39 is 0 Å². The second kappa shape index (κ2) is 4.96. The number of hydrogen-bond acceptors (Lipinski definition) is 4. The molecule has 0 saturated carbocycles. The molecule has 4 heteroatoms. The Morgan fingerprint density at radius 1 is 1.15 bits per heavy atom. The molecule has 3 rings (SSSR count). The van der Waals surface area contributed by atoms with E-state index in [9.17, 15) is 0 Å². The molecule has 1 unspecified atom stereocenters. The molecule has 1 atom stereocenters. The zero-order valence-electron chi connectivity index (χ0n) is 11.5. The molecule has 0 spiro atoms. The summed E-state index contributed by atoms with van der Waals surface area (Å²) < 4.78 is 0. The van der Waals surface area contributed by atoms with Crippen LogP contribution in [0.1, 0.15) is 18.2 Å². The molecular weight excluding hydrogens is 248 g/mol. The fraction of sp³-hybridized carbons (Fsp3) is 0.250. The van der Waals surface area contributed by atoms with Crippen molar-refractivity contribution < 1.29 is 0 Å². The SMILES string of the molecule is CC1(c2ccccn2)CN=C(N)N1Cc1ccccc1. The number of pyridine rings is 1. The van der Waals surface area contributed by atoms with Gasteiger partial charge in [0.1, 0.15) is 5.54 Å². The second-order valence-electron chi connectivity index (χ2n) is 5.24. The van der Waals surface area contributed by atoms with Gasteiger partial charge in [0, 0.05) is 12.7 Å². The van der Waals surface area contributed by atoms with Gasteiger partial charge in [-0.1, -0.05) is 36.4 Å². The third kappa shape index (κ3) is 2.13. The van der Waals surface area contributed by atoms with E-state index in [1.807, 2.05) is 42.6 Å². The first-order chi connectivity index (χ1) is 9.70. The van der Waals surface area contributed by atoms with E-state index in [0.717, 1.165) is 12.2 Å². The highest BCUT2D eigenvalue weighted by atomic mass is 15.4. The predicted molar refractivity (Wildman–Crippen MR) is 80.1 cm³/mol. The van der Waals surface area contributed by atoms with E-state index in [4.69, 9.17) is 5.73 Å². The smallest absolute Gasteiger partial charge is 0.192 e. The molecule has 1 aliphatic heterocycles. The lowest BCUT2D eigenvalue weighted by molar-refractivity contribution is 0.211. The first-order valence-corrected chi connectivity index (χ1v) is 6.73. The third-order valence-electron chi connectivity index (χ3n) is 3.82. The molecule has 0 amide bonds. The van der Waals surface area contributed by atoms with Crippen molar-refractivity contribution in [3.63, 3.8) is 0 Å². The molecule has 2 N–H and O–H groups in total. The fourth-order valence-electron chi connectivity index (χ4n) is 2.58. The topological polar surface area (TPSA) is 54.5 Å². The van der Waals surface area contributed by atoms with Crippen LogP contribution in [0, 0.1) is 0 Å². The van der Waals surface area contributed by atoms with Gasteiger partial charge in [-0.05, 0) is 24.6 Å². The van der Waals surface area contributed by atoms with Gasteiger partial charge in [0.05, 0.1) is 12.2 Å². The molecule has 102 valence electrons. The van der Waals surface area contributed by atoms with Crippen molar-refractivity contribution in [2.45, 2.75) is 19.0 Å².